The second kappa shape index (κ2) is 9.36. The number of carbonyl (C=O) groups excluding carboxylic acids is 2. The number of rotatable bonds is 7. The second-order valence-electron chi connectivity index (χ2n) is 8.97. The largest absolute Gasteiger partial charge is 0.358 e. The topological polar surface area (TPSA) is 93.3 Å². The van der Waals surface area contributed by atoms with E-state index in [1.807, 2.05) is 0 Å². The monoisotopic (exact) mass is 463 g/mol. The maximum Gasteiger partial charge on any atom is 0.250 e. The summed E-state index contributed by atoms with van der Waals surface area (Å²) < 4.78 is 26.6. The molecule has 4 rings (SSSR count). The number of likely N-dealkylation sites (tertiary alicyclic amines) is 1. The molecule has 0 aliphatic carbocycles. The first-order valence-corrected chi connectivity index (χ1v) is 12.9. The van der Waals surface area contributed by atoms with Crippen molar-refractivity contribution >= 4 is 33.2 Å². The molecule has 32 heavy (non-hydrogen) atoms. The van der Waals surface area contributed by atoms with Crippen LogP contribution in [0.1, 0.15) is 32.1 Å². The predicted molar refractivity (Wildman–Crippen MR) is 123 cm³/mol. The molecule has 3 aliphatic rings. The molecule has 9 nitrogen and oxygen atoms in total. The molecule has 1 N–H and O–H groups in total. The van der Waals surface area contributed by atoms with E-state index < -0.39 is 10.0 Å². The number of benzene rings is 1. The van der Waals surface area contributed by atoms with Crippen LogP contribution in [0, 0.1) is 0 Å². The minimum Gasteiger partial charge on any atom is -0.358 e. The Labute approximate surface area is 190 Å². The molecular formula is C22H33N5O4S. The molecule has 0 spiro atoms. The fourth-order valence-electron chi connectivity index (χ4n) is 4.83. The Morgan fingerprint density at radius 1 is 1.09 bits per heavy atom. The number of piperidine rings is 1. The van der Waals surface area contributed by atoms with E-state index in [0.717, 1.165) is 55.4 Å². The summed E-state index contributed by atoms with van der Waals surface area (Å²) >= 11 is 0. The van der Waals surface area contributed by atoms with Crippen LogP contribution in [-0.4, -0.2) is 88.8 Å². The molecule has 0 aromatic heterocycles. The molecule has 2 saturated heterocycles. The van der Waals surface area contributed by atoms with Gasteiger partial charge in [0.25, 0.3) is 0 Å². The summed E-state index contributed by atoms with van der Waals surface area (Å²) in [5, 5.41) is 2.93. The summed E-state index contributed by atoms with van der Waals surface area (Å²) in [7, 11) is -0.705. The van der Waals surface area contributed by atoms with Gasteiger partial charge in [0.05, 0.1) is 16.3 Å². The van der Waals surface area contributed by atoms with Crippen molar-refractivity contribution in [2.24, 2.45) is 0 Å². The Morgan fingerprint density at radius 2 is 1.81 bits per heavy atom. The summed E-state index contributed by atoms with van der Waals surface area (Å²) in [6.45, 7) is 4.11. The summed E-state index contributed by atoms with van der Waals surface area (Å²) in [5.74, 6) is -0.361. The van der Waals surface area contributed by atoms with Crippen LogP contribution in [0.4, 0.5) is 11.4 Å². The number of hydrogen-bond donors (Lipinski definition) is 1. The number of nitrogens with one attached hydrogen (secondary N) is 1. The van der Waals surface area contributed by atoms with E-state index in [9.17, 15) is 18.0 Å². The van der Waals surface area contributed by atoms with Gasteiger partial charge in [-0.25, -0.2) is 12.7 Å². The lowest BCUT2D eigenvalue weighted by atomic mass is 9.96. The number of nitrogens with zero attached hydrogens (tertiary/aromatic N) is 4. The maximum atomic E-state index is 13.4. The van der Waals surface area contributed by atoms with Crippen LogP contribution in [0.3, 0.4) is 0 Å². The van der Waals surface area contributed by atoms with Crippen molar-refractivity contribution in [2.75, 3.05) is 63.2 Å². The van der Waals surface area contributed by atoms with Crippen molar-refractivity contribution in [1.82, 2.24) is 14.5 Å². The Hall–Kier alpha value is -2.17. The molecule has 3 heterocycles. The SMILES string of the molecule is CN(C)S(=O)(=O)c1ccc2c(c1)N(CC(=O)NCCN1CCCC1)C(=O)C1CCCCN21. The van der Waals surface area contributed by atoms with Crippen molar-refractivity contribution in [1.29, 1.82) is 0 Å². The smallest absolute Gasteiger partial charge is 0.250 e. The van der Waals surface area contributed by atoms with Gasteiger partial charge in [0.15, 0.2) is 0 Å². The van der Waals surface area contributed by atoms with E-state index in [1.165, 1.54) is 37.9 Å². The number of amides is 2. The number of carbonyl (C=O) groups is 2. The van der Waals surface area contributed by atoms with Crippen LogP contribution >= 0.6 is 0 Å². The third kappa shape index (κ3) is 4.49. The first kappa shape index (κ1) is 23.0. The average molecular weight is 464 g/mol. The van der Waals surface area contributed by atoms with E-state index in [0.29, 0.717) is 12.2 Å². The van der Waals surface area contributed by atoms with Gasteiger partial charge in [0, 0.05) is 33.7 Å². The molecule has 1 aromatic rings. The zero-order valence-corrected chi connectivity index (χ0v) is 19.7. The van der Waals surface area contributed by atoms with Crippen LogP contribution in [-0.2, 0) is 19.6 Å². The van der Waals surface area contributed by atoms with Crippen LogP contribution in [0.5, 0.6) is 0 Å². The highest BCUT2D eigenvalue weighted by atomic mass is 32.2. The van der Waals surface area contributed by atoms with Crippen molar-refractivity contribution < 1.29 is 18.0 Å². The van der Waals surface area contributed by atoms with Gasteiger partial charge in [-0.2, -0.15) is 0 Å². The summed E-state index contributed by atoms with van der Waals surface area (Å²) in [6, 6.07) is 4.59. The van der Waals surface area contributed by atoms with Crippen molar-refractivity contribution in [3.8, 4) is 0 Å². The van der Waals surface area contributed by atoms with Gasteiger partial charge >= 0.3 is 0 Å². The highest BCUT2D eigenvalue weighted by Crippen LogP contribution is 2.40. The lowest BCUT2D eigenvalue weighted by Crippen LogP contribution is -2.57. The highest BCUT2D eigenvalue weighted by Gasteiger charge is 2.40. The van der Waals surface area contributed by atoms with Crippen LogP contribution in [0.25, 0.3) is 0 Å². The lowest BCUT2D eigenvalue weighted by molar-refractivity contribution is -0.125. The number of hydrogen-bond acceptors (Lipinski definition) is 6. The van der Waals surface area contributed by atoms with Gasteiger partial charge in [-0.05, 0) is 63.4 Å². The second-order valence-corrected chi connectivity index (χ2v) is 11.1. The van der Waals surface area contributed by atoms with Gasteiger partial charge in [-0.1, -0.05) is 0 Å². The minimum absolute atomic E-state index is 0.109. The molecule has 176 valence electrons. The normalized spacial score (nSPS) is 21.6. The number of sulfonamides is 1. The Balaban J connectivity index is 1.58. The molecule has 1 unspecified atom stereocenters. The average Bonchev–Trinajstić information content (AvgIpc) is 3.29. The summed E-state index contributed by atoms with van der Waals surface area (Å²) in [6.07, 6.45) is 5.08. The molecule has 2 fully saturated rings. The van der Waals surface area contributed by atoms with Crippen LogP contribution in [0.15, 0.2) is 23.1 Å². The standard InChI is InChI=1S/C22H33N5O4S/c1-24(2)32(30,31)17-8-9-18-20(15-17)27(22(29)19-7-3-4-13-26(18)19)16-21(28)23-10-14-25-11-5-6-12-25/h8-9,15,19H,3-7,10-14,16H2,1-2H3,(H,23,28). The Bertz CT molecular complexity index is 975. The Morgan fingerprint density at radius 3 is 2.53 bits per heavy atom. The summed E-state index contributed by atoms with van der Waals surface area (Å²) in [4.78, 5) is 32.1. The zero-order valence-electron chi connectivity index (χ0n) is 18.9. The van der Waals surface area contributed by atoms with E-state index in [-0.39, 0.29) is 29.3 Å². The highest BCUT2D eigenvalue weighted by molar-refractivity contribution is 7.89. The van der Waals surface area contributed by atoms with E-state index in [4.69, 9.17) is 0 Å². The Kier molecular flexibility index (Phi) is 6.73. The van der Waals surface area contributed by atoms with Crippen LogP contribution in [0.2, 0.25) is 0 Å². The van der Waals surface area contributed by atoms with E-state index in [1.54, 1.807) is 12.1 Å². The van der Waals surface area contributed by atoms with Crippen molar-refractivity contribution in [3.63, 3.8) is 0 Å². The molecule has 1 aromatic carbocycles. The number of fused-ring (bicyclic) bond motifs is 3. The van der Waals surface area contributed by atoms with E-state index >= 15 is 0 Å². The van der Waals surface area contributed by atoms with Crippen molar-refractivity contribution in [3.05, 3.63) is 18.2 Å². The molecular weight excluding hydrogens is 430 g/mol. The molecule has 3 aliphatic heterocycles. The fourth-order valence-corrected chi connectivity index (χ4v) is 5.75. The lowest BCUT2D eigenvalue weighted by Gasteiger charge is -2.45. The first-order valence-electron chi connectivity index (χ1n) is 11.4. The van der Waals surface area contributed by atoms with Gasteiger partial charge in [-0.3, -0.25) is 14.5 Å². The fraction of sp³-hybridized carbons (Fsp3) is 0.636. The van der Waals surface area contributed by atoms with Crippen molar-refractivity contribution in [2.45, 2.75) is 43.0 Å². The number of anilines is 2. The zero-order chi connectivity index (χ0) is 22.9. The van der Waals surface area contributed by atoms with Gasteiger partial charge in [-0.15, -0.1) is 0 Å². The maximum absolute atomic E-state index is 13.4. The summed E-state index contributed by atoms with van der Waals surface area (Å²) in [5.41, 5.74) is 1.31. The molecule has 10 heteroatoms. The van der Waals surface area contributed by atoms with Gasteiger partial charge in [0.2, 0.25) is 21.8 Å². The molecule has 1 atom stereocenters. The predicted octanol–water partition coefficient (Wildman–Crippen LogP) is 0.854. The first-order chi connectivity index (χ1) is 15.3. The third-order valence-corrected chi connectivity index (χ3v) is 8.44. The molecule has 0 bridgehead atoms. The third-order valence-electron chi connectivity index (χ3n) is 6.63. The van der Waals surface area contributed by atoms with Gasteiger partial charge < -0.3 is 15.1 Å². The quantitative estimate of drug-likeness (QED) is 0.645. The van der Waals surface area contributed by atoms with Crippen LogP contribution < -0.4 is 15.1 Å². The van der Waals surface area contributed by atoms with Gasteiger partial charge in [0.1, 0.15) is 12.6 Å². The molecule has 2 amide bonds. The minimum atomic E-state index is -3.66. The molecule has 0 saturated carbocycles. The molecule has 0 radical (unpaired) electrons. The van der Waals surface area contributed by atoms with E-state index in [2.05, 4.69) is 15.1 Å².